The van der Waals surface area contributed by atoms with Crippen LogP contribution >= 0.6 is 0 Å². The van der Waals surface area contributed by atoms with E-state index in [2.05, 4.69) is 0 Å². The van der Waals surface area contributed by atoms with Crippen LogP contribution in [-0.2, 0) is 0 Å². The van der Waals surface area contributed by atoms with Crippen molar-refractivity contribution in [3.05, 3.63) is 0 Å². The van der Waals surface area contributed by atoms with Gasteiger partial charge in [0.25, 0.3) is 0 Å². The second-order valence-corrected chi connectivity index (χ2v) is 4.56. The van der Waals surface area contributed by atoms with E-state index in [-0.39, 0.29) is 24.4 Å². The Morgan fingerprint density at radius 1 is 1.07 bits per heavy atom. The molecule has 0 aromatic heterocycles. The molecule has 1 fully saturated rings. The van der Waals surface area contributed by atoms with Gasteiger partial charge in [-0.1, -0.05) is 13.8 Å². The van der Waals surface area contributed by atoms with Crippen molar-refractivity contribution >= 4 is 0 Å². The highest BCUT2D eigenvalue weighted by Gasteiger charge is 2.43. The van der Waals surface area contributed by atoms with Gasteiger partial charge in [0, 0.05) is 12.5 Å². The maximum atomic E-state index is 9.70. The Bertz CT molecular complexity index is 181. The standard InChI is InChI=1S/C10H20O4/c1-5(2)7-3-6(4-11)8(12)10(14)9(7)13/h5-14H,3-4H2,1-2H3. The average Bonchev–Trinajstić information content (AvgIpc) is 2.14. The Morgan fingerprint density at radius 2 is 1.64 bits per heavy atom. The van der Waals surface area contributed by atoms with Crippen molar-refractivity contribution in [2.45, 2.75) is 38.6 Å². The summed E-state index contributed by atoms with van der Waals surface area (Å²) in [5, 5.41) is 37.8. The maximum Gasteiger partial charge on any atom is 0.106 e. The molecular formula is C10H20O4. The second kappa shape index (κ2) is 4.57. The third kappa shape index (κ3) is 2.08. The fourth-order valence-corrected chi connectivity index (χ4v) is 2.21. The molecule has 0 aromatic rings. The molecule has 0 bridgehead atoms. The number of hydrogen-bond acceptors (Lipinski definition) is 4. The first-order valence-electron chi connectivity index (χ1n) is 5.14. The molecule has 1 aliphatic carbocycles. The number of hydrogen-bond donors (Lipinski definition) is 4. The summed E-state index contributed by atoms with van der Waals surface area (Å²) in [6, 6.07) is 0. The molecule has 0 heterocycles. The summed E-state index contributed by atoms with van der Waals surface area (Å²) in [6.07, 6.45) is -2.46. The molecule has 5 unspecified atom stereocenters. The quantitative estimate of drug-likeness (QED) is 0.482. The summed E-state index contributed by atoms with van der Waals surface area (Å²) in [5.74, 6) is -0.132. The van der Waals surface area contributed by atoms with Crippen molar-refractivity contribution in [2.24, 2.45) is 17.8 Å². The summed E-state index contributed by atoms with van der Waals surface area (Å²) in [4.78, 5) is 0. The first kappa shape index (κ1) is 11.9. The minimum Gasteiger partial charge on any atom is -0.396 e. The molecule has 14 heavy (non-hydrogen) atoms. The molecule has 1 saturated carbocycles. The SMILES string of the molecule is CC(C)C1CC(CO)C(O)C(O)C1O. The van der Waals surface area contributed by atoms with Crippen LogP contribution in [0.3, 0.4) is 0 Å². The third-order valence-corrected chi connectivity index (χ3v) is 3.29. The van der Waals surface area contributed by atoms with E-state index in [0.717, 1.165) is 0 Å². The zero-order valence-corrected chi connectivity index (χ0v) is 8.67. The van der Waals surface area contributed by atoms with Crippen LogP contribution in [0.1, 0.15) is 20.3 Å². The van der Waals surface area contributed by atoms with Crippen molar-refractivity contribution in [1.82, 2.24) is 0 Å². The molecular weight excluding hydrogens is 184 g/mol. The van der Waals surface area contributed by atoms with E-state index in [4.69, 9.17) is 5.11 Å². The largest absolute Gasteiger partial charge is 0.396 e. The first-order chi connectivity index (χ1) is 6.49. The molecule has 0 spiro atoms. The van der Waals surface area contributed by atoms with Gasteiger partial charge in [-0.05, 0) is 18.3 Å². The minimum absolute atomic E-state index is 0.0504. The monoisotopic (exact) mass is 204 g/mol. The third-order valence-electron chi connectivity index (χ3n) is 3.29. The van der Waals surface area contributed by atoms with E-state index in [1.165, 1.54) is 0 Å². The lowest BCUT2D eigenvalue weighted by molar-refractivity contribution is -0.149. The van der Waals surface area contributed by atoms with Gasteiger partial charge in [0.1, 0.15) is 6.10 Å². The molecule has 0 saturated heterocycles. The fourth-order valence-electron chi connectivity index (χ4n) is 2.21. The van der Waals surface area contributed by atoms with Gasteiger partial charge in [-0.25, -0.2) is 0 Å². The Hall–Kier alpha value is -0.160. The van der Waals surface area contributed by atoms with Crippen molar-refractivity contribution in [3.8, 4) is 0 Å². The fraction of sp³-hybridized carbons (Fsp3) is 1.00. The highest BCUT2D eigenvalue weighted by Crippen LogP contribution is 2.34. The predicted molar refractivity (Wildman–Crippen MR) is 51.5 cm³/mol. The summed E-state index contributed by atoms with van der Waals surface area (Å²) in [6.45, 7) is 3.79. The molecule has 0 aliphatic heterocycles. The van der Waals surface area contributed by atoms with E-state index in [9.17, 15) is 15.3 Å². The van der Waals surface area contributed by atoms with Crippen LogP contribution in [0.15, 0.2) is 0 Å². The van der Waals surface area contributed by atoms with Crippen molar-refractivity contribution < 1.29 is 20.4 Å². The zero-order valence-electron chi connectivity index (χ0n) is 8.67. The lowest BCUT2D eigenvalue weighted by Crippen LogP contribution is -2.53. The van der Waals surface area contributed by atoms with Gasteiger partial charge in [0.2, 0.25) is 0 Å². The minimum atomic E-state index is -1.13. The van der Waals surface area contributed by atoms with Crippen molar-refractivity contribution in [1.29, 1.82) is 0 Å². The van der Waals surface area contributed by atoms with Gasteiger partial charge >= 0.3 is 0 Å². The Labute approximate surface area is 84.2 Å². The summed E-state index contributed by atoms with van der Waals surface area (Å²) >= 11 is 0. The second-order valence-electron chi connectivity index (χ2n) is 4.56. The van der Waals surface area contributed by atoms with Gasteiger partial charge in [-0.2, -0.15) is 0 Å². The van der Waals surface area contributed by atoms with Crippen molar-refractivity contribution in [2.75, 3.05) is 6.61 Å². The van der Waals surface area contributed by atoms with Crippen LogP contribution in [0.2, 0.25) is 0 Å². The zero-order chi connectivity index (χ0) is 10.9. The molecule has 5 atom stereocenters. The highest BCUT2D eigenvalue weighted by atomic mass is 16.4. The van der Waals surface area contributed by atoms with Crippen molar-refractivity contribution in [3.63, 3.8) is 0 Å². The molecule has 4 nitrogen and oxygen atoms in total. The molecule has 1 aliphatic rings. The van der Waals surface area contributed by atoms with E-state index >= 15 is 0 Å². The van der Waals surface area contributed by atoms with E-state index in [1.807, 2.05) is 13.8 Å². The van der Waals surface area contributed by atoms with Crippen LogP contribution < -0.4 is 0 Å². The first-order valence-corrected chi connectivity index (χ1v) is 5.14. The Kier molecular flexibility index (Phi) is 3.89. The molecule has 4 heteroatoms. The van der Waals surface area contributed by atoms with Crippen LogP contribution in [-0.4, -0.2) is 45.3 Å². The van der Waals surface area contributed by atoms with Gasteiger partial charge in [-0.15, -0.1) is 0 Å². The van der Waals surface area contributed by atoms with E-state index < -0.39 is 18.3 Å². The molecule has 4 N–H and O–H groups in total. The maximum absolute atomic E-state index is 9.70. The van der Waals surface area contributed by atoms with Gasteiger partial charge in [-0.3, -0.25) is 0 Å². The number of aliphatic hydroxyl groups is 4. The van der Waals surface area contributed by atoms with E-state index in [1.54, 1.807) is 0 Å². The summed E-state index contributed by atoms with van der Waals surface area (Å²) < 4.78 is 0. The summed E-state index contributed by atoms with van der Waals surface area (Å²) in [5.41, 5.74) is 0. The average molecular weight is 204 g/mol. The molecule has 0 aromatic carbocycles. The van der Waals surface area contributed by atoms with Gasteiger partial charge < -0.3 is 20.4 Å². The van der Waals surface area contributed by atoms with Gasteiger partial charge in [0.15, 0.2) is 0 Å². The molecule has 0 amide bonds. The number of aliphatic hydroxyl groups excluding tert-OH is 4. The predicted octanol–water partition coefficient (Wildman–Crippen LogP) is -0.647. The van der Waals surface area contributed by atoms with Gasteiger partial charge in [0.05, 0.1) is 12.2 Å². The number of rotatable bonds is 2. The summed E-state index contributed by atoms with van der Waals surface area (Å²) in [7, 11) is 0. The Morgan fingerprint density at radius 3 is 2.07 bits per heavy atom. The van der Waals surface area contributed by atoms with Crippen LogP contribution in [0.5, 0.6) is 0 Å². The smallest absolute Gasteiger partial charge is 0.106 e. The van der Waals surface area contributed by atoms with E-state index in [0.29, 0.717) is 6.42 Å². The van der Waals surface area contributed by atoms with Crippen LogP contribution in [0.25, 0.3) is 0 Å². The normalized spacial score (nSPS) is 44.4. The van der Waals surface area contributed by atoms with Crippen LogP contribution in [0, 0.1) is 17.8 Å². The molecule has 1 rings (SSSR count). The molecule has 0 radical (unpaired) electrons. The molecule has 84 valence electrons. The van der Waals surface area contributed by atoms with Crippen LogP contribution in [0.4, 0.5) is 0 Å². The lowest BCUT2D eigenvalue weighted by atomic mass is 9.72. The lowest BCUT2D eigenvalue weighted by Gasteiger charge is -2.41. The highest BCUT2D eigenvalue weighted by molar-refractivity contribution is 4.93. The topological polar surface area (TPSA) is 80.9 Å². The Balaban J connectivity index is 2.73.